The molecule has 1 saturated heterocycles. The number of piperidine rings is 1. The van der Waals surface area contributed by atoms with Crippen molar-refractivity contribution in [2.45, 2.75) is 45.6 Å². The summed E-state index contributed by atoms with van der Waals surface area (Å²) in [7, 11) is 0. The fourth-order valence-electron chi connectivity index (χ4n) is 4.04. The molecule has 1 aromatic carbocycles. The number of rotatable bonds is 3. The number of aromatic nitrogens is 2. The molecule has 2 aromatic rings. The third-order valence-corrected chi connectivity index (χ3v) is 5.57. The monoisotopic (exact) mass is 366 g/mol. The SMILES string of the molecule is Cc1cccc(CC(=O)N2CCc3[nH]nc(C(=O)N4CCCCC4)c3C2)c1. The van der Waals surface area contributed by atoms with Gasteiger partial charge in [-0.3, -0.25) is 14.7 Å². The Bertz CT molecular complexity index is 852. The van der Waals surface area contributed by atoms with Crippen molar-refractivity contribution in [1.29, 1.82) is 0 Å². The molecule has 2 amide bonds. The number of benzene rings is 1. The molecule has 142 valence electrons. The van der Waals surface area contributed by atoms with Gasteiger partial charge in [-0.25, -0.2) is 0 Å². The van der Waals surface area contributed by atoms with Gasteiger partial charge in [0.05, 0.1) is 6.42 Å². The smallest absolute Gasteiger partial charge is 0.274 e. The summed E-state index contributed by atoms with van der Waals surface area (Å²) in [5.74, 6) is 0.101. The number of fused-ring (bicyclic) bond motifs is 1. The molecular formula is C21H26N4O2. The van der Waals surface area contributed by atoms with E-state index in [0.717, 1.165) is 54.7 Å². The number of H-pyrrole nitrogens is 1. The zero-order valence-corrected chi connectivity index (χ0v) is 15.8. The number of amides is 2. The lowest BCUT2D eigenvalue weighted by atomic mass is 10.0. The molecule has 0 radical (unpaired) electrons. The Hall–Kier alpha value is -2.63. The molecule has 6 nitrogen and oxygen atoms in total. The molecule has 0 atom stereocenters. The molecule has 0 bridgehead atoms. The summed E-state index contributed by atoms with van der Waals surface area (Å²) in [6, 6.07) is 8.06. The van der Waals surface area contributed by atoms with Gasteiger partial charge in [0.15, 0.2) is 5.69 Å². The summed E-state index contributed by atoms with van der Waals surface area (Å²) < 4.78 is 0. The molecule has 0 unspecified atom stereocenters. The lowest BCUT2D eigenvalue weighted by Gasteiger charge is -2.29. The first-order valence-corrected chi connectivity index (χ1v) is 9.80. The lowest BCUT2D eigenvalue weighted by molar-refractivity contribution is -0.131. The van der Waals surface area contributed by atoms with Gasteiger partial charge in [0.25, 0.3) is 5.91 Å². The Kier molecular flexibility index (Phi) is 4.97. The summed E-state index contributed by atoms with van der Waals surface area (Å²) in [6.45, 7) is 4.76. The van der Waals surface area contributed by atoms with Crippen LogP contribution in [0.3, 0.4) is 0 Å². The van der Waals surface area contributed by atoms with Gasteiger partial charge in [-0.15, -0.1) is 0 Å². The van der Waals surface area contributed by atoms with Crippen LogP contribution >= 0.6 is 0 Å². The topological polar surface area (TPSA) is 69.3 Å². The minimum Gasteiger partial charge on any atom is -0.338 e. The van der Waals surface area contributed by atoms with Crippen LogP contribution < -0.4 is 0 Å². The van der Waals surface area contributed by atoms with Crippen molar-refractivity contribution in [2.24, 2.45) is 0 Å². The predicted octanol–water partition coefficient (Wildman–Crippen LogP) is 2.47. The third kappa shape index (κ3) is 3.75. The molecule has 6 heteroatoms. The molecule has 1 aromatic heterocycles. The Balaban J connectivity index is 1.48. The predicted molar refractivity (Wildman–Crippen MR) is 102 cm³/mol. The van der Waals surface area contributed by atoms with Crippen LogP contribution in [0.25, 0.3) is 0 Å². The number of aromatic amines is 1. The molecule has 0 spiro atoms. The van der Waals surface area contributed by atoms with Crippen molar-refractivity contribution < 1.29 is 9.59 Å². The number of hydrogen-bond donors (Lipinski definition) is 1. The van der Waals surface area contributed by atoms with E-state index in [1.165, 1.54) is 6.42 Å². The maximum atomic E-state index is 12.9. The Morgan fingerprint density at radius 2 is 1.93 bits per heavy atom. The fourth-order valence-corrected chi connectivity index (χ4v) is 4.04. The van der Waals surface area contributed by atoms with Gasteiger partial charge in [-0.05, 0) is 31.7 Å². The van der Waals surface area contributed by atoms with Gasteiger partial charge in [0.2, 0.25) is 5.91 Å². The molecule has 0 saturated carbocycles. The van der Waals surface area contributed by atoms with Crippen molar-refractivity contribution in [2.75, 3.05) is 19.6 Å². The first-order valence-electron chi connectivity index (χ1n) is 9.80. The number of nitrogens with one attached hydrogen (secondary N) is 1. The van der Waals surface area contributed by atoms with Crippen LogP contribution in [0.2, 0.25) is 0 Å². The van der Waals surface area contributed by atoms with Gasteiger partial charge >= 0.3 is 0 Å². The van der Waals surface area contributed by atoms with Gasteiger partial charge in [-0.1, -0.05) is 29.8 Å². The quantitative estimate of drug-likeness (QED) is 0.907. The van der Waals surface area contributed by atoms with E-state index in [9.17, 15) is 9.59 Å². The summed E-state index contributed by atoms with van der Waals surface area (Å²) in [4.78, 5) is 29.4. The van der Waals surface area contributed by atoms with Gasteiger partial charge in [0, 0.05) is 43.9 Å². The normalized spacial score (nSPS) is 16.9. The highest BCUT2D eigenvalue weighted by atomic mass is 16.2. The molecule has 2 aliphatic heterocycles. The number of carbonyl (C=O) groups excluding carboxylic acids is 2. The van der Waals surface area contributed by atoms with Crippen LogP contribution in [0.15, 0.2) is 24.3 Å². The standard InChI is InChI=1S/C21H26N4O2/c1-15-6-5-7-16(12-15)13-19(26)25-11-8-18-17(14-25)20(23-22-18)21(27)24-9-3-2-4-10-24/h5-7,12H,2-4,8-11,13-14H2,1H3,(H,22,23). The highest BCUT2D eigenvalue weighted by Crippen LogP contribution is 2.23. The van der Waals surface area contributed by atoms with Crippen LogP contribution in [-0.4, -0.2) is 51.4 Å². The number of likely N-dealkylation sites (tertiary alicyclic amines) is 1. The minimum atomic E-state index is 0.000170. The maximum Gasteiger partial charge on any atom is 0.274 e. The molecule has 27 heavy (non-hydrogen) atoms. The van der Waals surface area contributed by atoms with E-state index in [-0.39, 0.29) is 11.8 Å². The highest BCUT2D eigenvalue weighted by molar-refractivity contribution is 5.94. The maximum absolute atomic E-state index is 12.9. The second-order valence-electron chi connectivity index (χ2n) is 7.61. The van der Waals surface area contributed by atoms with Crippen LogP contribution in [-0.2, 0) is 24.2 Å². The second kappa shape index (κ2) is 7.55. The molecule has 1 N–H and O–H groups in total. The molecular weight excluding hydrogens is 340 g/mol. The van der Waals surface area contributed by atoms with Gasteiger partial charge in [-0.2, -0.15) is 5.10 Å². The highest BCUT2D eigenvalue weighted by Gasteiger charge is 2.30. The van der Waals surface area contributed by atoms with Gasteiger partial charge < -0.3 is 9.80 Å². The summed E-state index contributed by atoms with van der Waals surface area (Å²) in [6.07, 6.45) is 4.40. The van der Waals surface area contributed by atoms with Crippen molar-refractivity contribution in [3.05, 3.63) is 52.3 Å². The van der Waals surface area contributed by atoms with E-state index >= 15 is 0 Å². The largest absolute Gasteiger partial charge is 0.338 e. The number of carbonyl (C=O) groups is 2. The van der Waals surface area contributed by atoms with Gasteiger partial charge in [0.1, 0.15) is 0 Å². The van der Waals surface area contributed by atoms with Crippen LogP contribution in [0.5, 0.6) is 0 Å². The number of hydrogen-bond acceptors (Lipinski definition) is 3. The van der Waals surface area contributed by atoms with E-state index in [2.05, 4.69) is 16.3 Å². The van der Waals surface area contributed by atoms with Crippen LogP contribution in [0.4, 0.5) is 0 Å². The molecule has 2 aliphatic rings. The number of aryl methyl sites for hydroxylation is 1. The van der Waals surface area contributed by atoms with Crippen molar-refractivity contribution in [3.8, 4) is 0 Å². The Morgan fingerprint density at radius 3 is 2.70 bits per heavy atom. The zero-order valence-electron chi connectivity index (χ0n) is 15.8. The van der Waals surface area contributed by atoms with Crippen molar-refractivity contribution >= 4 is 11.8 Å². The molecule has 0 aliphatic carbocycles. The first-order chi connectivity index (χ1) is 13.1. The van der Waals surface area contributed by atoms with E-state index in [1.54, 1.807) is 0 Å². The summed E-state index contributed by atoms with van der Waals surface area (Å²) in [5.41, 5.74) is 4.58. The van der Waals surface area contributed by atoms with E-state index in [4.69, 9.17) is 0 Å². The zero-order chi connectivity index (χ0) is 18.8. The summed E-state index contributed by atoms with van der Waals surface area (Å²) >= 11 is 0. The average Bonchev–Trinajstić information content (AvgIpc) is 3.11. The molecule has 3 heterocycles. The number of nitrogens with zero attached hydrogens (tertiary/aromatic N) is 3. The summed E-state index contributed by atoms with van der Waals surface area (Å²) in [5, 5.41) is 7.34. The van der Waals surface area contributed by atoms with Crippen LogP contribution in [0, 0.1) is 6.92 Å². The Morgan fingerprint density at radius 1 is 1.11 bits per heavy atom. The van der Waals surface area contributed by atoms with E-state index in [0.29, 0.717) is 25.2 Å². The molecule has 4 rings (SSSR count). The fraction of sp³-hybridized carbons (Fsp3) is 0.476. The van der Waals surface area contributed by atoms with Crippen molar-refractivity contribution in [1.82, 2.24) is 20.0 Å². The van der Waals surface area contributed by atoms with Crippen LogP contribution in [0.1, 0.15) is 52.1 Å². The third-order valence-electron chi connectivity index (χ3n) is 5.57. The second-order valence-corrected chi connectivity index (χ2v) is 7.61. The minimum absolute atomic E-state index is 0.000170. The first kappa shape index (κ1) is 17.8. The van der Waals surface area contributed by atoms with E-state index in [1.807, 2.05) is 34.9 Å². The average molecular weight is 366 g/mol. The lowest BCUT2D eigenvalue weighted by Crippen LogP contribution is -2.39. The Labute approximate surface area is 159 Å². The molecule has 1 fully saturated rings. The van der Waals surface area contributed by atoms with E-state index < -0.39 is 0 Å². The van der Waals surface area contributed by atoms with Crippen molar-refractivity contribution in [3.63, 3.8) is 0 Å².